The minimum atomic E-state index is -0.402. The van der Waals surface area contributed by atoms with Gasteiger partial charge in [-0.25, -0.2) is 0 Å². The van der Waals surface area contributed by atoms with Crippen LogP contribution in [0.25, 0.3) is 0 Å². The molecule has 2 amide bonds. The molecule has 0 saturated carbocycles. The van der Waals surface area contributed by atoms with Crippen molar-refractivity contribution >= 4 is 23.2 Å². The number of aromatic nitrogens is 3. The van der Waals surface area contributed by atoms with Gasteiger partial charge in [0.25, 0.3) is 5.91 Å². The van der Waals surface area contributed by atoms with Gasteiger partial charge in [0.1, 0.15) is 18.9 Å². The third kappa shape index (κ3) is 3.91. The van der Waals surface area contributed by atoms with Gasteiger partial charge in [0.05, 0.1) is 11.3 Å². The van der Waals surface area contributed by atoms with Crippen LogP contribution in [0.5, 0.6) is 0 Å². The van der Waals surface area contributed by atoms with Crippen molar-refractivity contribution in [1.29, 1.82) is 5.26 Å². The zero-order valence-electron chi connectivity index (χ0n) is 13.6. The average molecular weight is 346 g/mol. The largest absolute Gasteiger partial charge is 0.324 e. The highest BCUT2D eigenvalue weighted by molar-refractivity contribution is 6.10. The maximum absolute atomic E-state index is 12.5. The number of nitrogens with zero attached hydrogens (tertiary/aromatic N) is 4. The third-order valence-corrected chi connectivity index (χ3v) is 3.51. The van der Waals surface area contributed by atoms with Crippen molar-refractivity contribution in [1.82, 2.24) is 14.8 Å². The van der Waals surface area contributed by atoms with Gasteiger partial charge in [0.15, 0.2) is 0 Å². The number of carbonyl (C=O) groups is 2. The number of hydrogen-bond donors (Lipinski definition) is 2. The summed E-state index contributed by atoms with van der Waals surface area (Å²) in [5.74, 6) is -0.703. The molecule has 0 saturated heterocycles. The normalized spacial score (nSPS) is 9.96. The fraction of sp³-hybridized carbons (Fsp3) is 0.0556. The van der Waals surface area contributed by atoms with Crippen molar-refractivity contribution in [2.24, 2.45) is 0 Å². The van der Waals surface area contributed by atoms with Gasteiger partial charge in [0.2, 0.25) is 11.7 Å². The van der Waals surface area contributed by atoms with Crippen molar-refractivity contribution in [3.8, 4) is 6.07 Å². The summed E-state index contributed by atoms with van der Waals surface area (Å²) in [5, 5.41) is 21.6. The van der Waals surface area contributed by atoms with Gasteiger partial charge in [0, 0.05) is 5.69 Å². The Bertz CT molecular complexity index is 975. The van der Waals surface area contributed by atoms with E-state index in [9.17, 15) is 9.59 Å². The molecule has 8 nitrogen and oxygen atoms in total. The molecule has 128 valence electrons. The molecule has 1 aromatic heterocycles. The zero-order valence-corrected chi connectivity index (χ0v) is 13.6. The number of amides is 2. The van der Waals surface area contributed by atoms with E-state index in [-0.39, 0.29) is 18.3 Å². The molecule has 0 aliphatic heterocycles. The molecular formula is C18H14N6O2. The predicted molar refractivity (Wildman–Crippen MR) is 94.2 cm³/mol. The Balaban J connectivity index is 1.74. The summed E-state index contributed by atoms with van der Waals surface area (Å²) in [6.07, 6.45) is 1.30. The van der Waals surface area contributed by atoms with Gasteiger partial charge in [-0.2, -0.15) is 5.26 Å². The number of carbonyl (C=O) groups excluding carboxylic acids is 2. The van der Waals surface area contributed by atoms with Gasteiger partial charge in [-0.1, -0.05) is 30.3 Å². The minimum Gasteiger partial charge on any atom is -0.324 e. The maximum atomic E-state index is 12.5. The molecule has 3 aromatic rings. The molecule has 1 heterocycles. The summed E-state index contributed by atoms with van der Waals surface area (Å²) in [7, 11) is 0. The number of para-hydroxylation sites is 2. The summed E-state index contributed by atoms with van der Waals surface area (Å²) in [5.41, 5.74) is 1.35. The van der Waals surface area contributed by atoms with Crippen LogP contribution in [-0.4, -0.2) is 26.6 Å². The van der Waals surface area contributed by atoms with Crippen molar-refractivity contribution in [2.45, 2.75) is 6.54 Å². The smallest absolute Gasteiger partial charge is 0.257 e. The van der Waals surface area contributed by atoms with Crippen LogP contribution >= 0.6 is 0 Å². The van der Waals surface area contributed by atoms with E-state index in [0.29, 0.717) is 16.9 Å². The molecule has 0 aliphatic rings. The van der Waals surface area contributed by atoms with Crippen LogP contribution in [-0.2, 0) is 11.3 Å². The molecule has 2 aromatic carbocycles. The first-order valence-corrected chi connectivity index (χ1v) is 7.70. The number of anilines is 2. The number of rotatable bonds is 5. The standard InChI is InChI=1S/C18H14N6O2/c19-10-16-23-20-12-24(16)11-17(25)22-15-9-5-4-8-14(15)18(26)21-13-6-2-1-3-7-13/h1-9,12H,11H2,(H,21,26)(H,22,25). The summed E-state index contributed by atoms with van der Waals surface area (Å²) < 4.78 is 1.32. The van der Waals surface area contributed by atoms with Crippen LogP contribution in [0.3, 0.4) is 0 Å². The van der Waals surface area contributed by atoms with Gasteiger partial charge < -0.3 is 10.6 Å². The summed E-state index contributed by atoms with van der Waals surface area (Å²) >= 11 is 0. The van der Waals surface area contributed by atoms with Gasteiger partial charge in [-0.3, -0.25) is 14.2 Å². The Morgan fingerprint density at radius 3 is 2.54 bits per heavy atom. The van der Waals surface area contributed by atoms with E-state index in [4.69, 9.17) is 5.26 Å². The Morgan fingerprint density at radius 1 is 1.04 bits per heavy atom. The summed E-state index contributed by atoms with van der Waals surface area (Å²) in [6, 6.07) is 17.6. The highest BCUT2D eigenvalue weighted by Crippen LogP contribution is 2.17. The monoisotopic (exact) mass is 346 g/mol. The van der Waals surface area contributed by atoms with Crippen molar-refractivity contribution in [3.63, 3.8) is 0 Å². The Hall–Kier alpha value is -3.99. The first kappa shape index (κ1) is 16.9. The molecule has 0 spiro atoms. The molecule has 3 rings (SSSR count). The van der Waals surface area contributed by atoms with E-state index in [1.165, 1.54) is 10.9 Å². The highest BCUT2D eigenvalue weighted by atomic mass is 16.2. The van der Waals surface area contributed by atoms with Gasteiger partial charge in [-0.15, -0.1) is 10.2 Å². The molecule has 0 fully saturated rings. The third-order valence-electron chi connectivity index (χ3n) is 3.51. The zero-order chi connectivity index (χ0) is 18.4. The van der Waals surface area contributed by atoms with Crippen LogP contribution in [0.2, 0.25) is 0 Å². The quantitative estimate of drug-likeness (QED) is 0.734. The summed E-state index contributed by atoms with van der Waals surface area (Å²) in [4.78, 5) is 24.8. The molecular weight excluding hydrogens is 332 g/mol. The lowest BCUT2D eigenvalue weighted by Crippen LogP contribution is -2.22. The molecule has 8 heteroatoms. The molecule has 0 radical (unpaired) electrons. The van der Waals surface area contributed by atoms with Crippen molar-refractivity contribution in [2.75, 3.05) is 10.6 Å². The molecule has 2 N–H and O–H groups in total. The highest BCUT2D eigenvalue weighted by Gasteiger charge is 2.14. The summed E-state index contributed by atoms with van der Waals surface area (Å²) in [6.45, 7) is -0.134. The molecule has 0 aliphatic carbocycles. The van der Waals surface area contributed by atoms with Crippen molar-refractivity contribution in [3.05, 3.63) is 72.3 Å². The number of nitrogens with one attached hydrogen (secondary N) is 2. The second kappa shape index (κ2) is 7.72. The van der Waals surface area contributed by atoms with Crippen LogP contribution in [0.1, 0.15) is 16.2 Å². The van der Waals surface area contributed by atoms with Crippen LogP contribution in [0, 0.1) is 11.3 Å². The second-order valence-corrected chi connectivity index (χ2v) is 5.31. The predicted octanol–water partition coefficient (Wildman–Crippen LogP) is 2.04. The van der Waals surface area contributed by atoms with E-state index < -0.39 is 5.91 Å². The lowest BCUT2D eigenvalue weighted by molar-refractivity contribution is -0.116. The molecule has 0 bridgehead atoms. The van der Waals surface area contributed by atoms with E-state index in [2.05, 4.69) is 20.8 Å². The Labute approximate surface area is 149 Å². The van der Waals surface area contributed by atoms with E-state index >= 15 is 0 Å². The van der Waals surface area contributed by atoms with E-state index in [1.54, 1.807) is 36.4 Å². The molecule has 0 unspecified atom stereocenters. The second-order valence-electron chi connectivity index (χ2n) is 5.31. The number of hydrogen-bond acceptors (Lipinski definition) is 5. The van der Waals surface area contributed by atoms with Gasteiger partial charge in [-0.05, 0) is 24.3 Å². The van der Waals surface area contributed by atoms with E-state index in [0.717, 1.165) is 0 Å². The lowest BCUT2D eigenvalue weighted by atomic mass is 10.1. The first-order chi connectivity index (χ1) is 12.7. The lowest BCUT2D eigenvalue weighted by Gasteiger charge is -2.11. The van der Waals surface area contributed by atoms with Gasteiger partial charge >= 0.3 is 0 Å². The first-order valence-electron chi connectivity index (χ1n) is 7.70. The average Bonchev–Trinajstić information content (AvgIpc) is 3.10. The Morgan fingerprint density at radius 2 is 1.77 bits per heavy atom. The molecule has 26 heavy (non-hydrogen) atoms. The topological polar surface area (TPSA) is 113 Å². The minimum absolute atomic E-state index is 0.0373. The van der Waals surface area contributed by atoms with Crippen LogP contribution in [0.15, 0.2) is 60.9 Å². The SMILES string of the molecule is N#Cc1nncn1CC(=O)Nc1ccccc1C(=O)Nc1ccccc1. The fourth-order valence-corrected chi connectivity index (χ4v) is 2.31. The fourth-order valence-electron chi connectivity index (χ4n) is 2.31. The van der Waals surface area contributed by atoms with Crippen LogP contribution in [0.4, 0.5) is 11.4 Å². The number of benzene rings is 2. The van der Waals surface area contributed by atoms with Crippen molar-refractivity contribution < 1.29 is 9.59 Å². The Kier molecular flexibility index (Phi) is 5.00. The van der Waals surface area contributed by atoms with Crippen LogP contribution < -0.4 is 10.6 Å². The van der Waals surface area contributed by atoms with E-state index in [1.807, 2.05) is 24.3 Å². The maximum Gasteiger partial charge on any atom is 0.257 e. The number of nitriles is 1. The molecule has 0 atom stereocenters.